The van der Waals surface area contributed by atoms with E-state index in [1.54, 1.807) is 6.07 Å². The predicted octanol–water partition coefficient (Wildman–Crippen LogP) is 3.88. The fourth-order valence-electron chi connectivity index (χ4n) is 3.25. The average molecular weight is 393 g/mol. The van der Waals surface area contributed by atoms with E-state index in [0.29, 0.717) is 30.6 Å². The lowest BCUT2D eigenvalue weighted by Gasteiger charge is -2.21. The molecule has 0 saturated carbocycles. The van der Waals surface area contributed by atoms with E-state index in [0.717, 1.165) is 30.6 Å². The van der Waals surface area contributed by atoms with Crippen molar-refractivity contribution in [1.29, 1.82) is 0 Å². The van der Waals surface area contributed by atoms with Crippen LogP contribution in [0.3, 0.4) is 0 Å². The number of nitrogens with two attached hydrogens (primary N) is 1. The second kappa shape index (κ2) is 9.84. The molecule has 0 bridgehead atoms. The van der Waals surface area contributed by atoms with Gasteiger partial charge in [0, 0.05) is 17.8 Å². The number of nitrogen functional groups attached to an aromatic ring is 1. The molecule has 29 heavy (non-hydrogen) atoms. The third kappa shape index (κ3) is 5.65. The highest BCUT2D eigenvalue weighted by Crippen LogP contribution is 2.21. The molecule has 0 saturated heterocycles. The molecular formula is C22H28N6O. The molecule has 152 valence electrons. The molecule has 4 N–H and O–H groups in total. The molecule has 0 spiro atoms. The largest absolute Gasteiger partial charge is 0.508 e. The molecule has 7 nitrogen and oxygen atoms in total. The molecule has 0 fully saturated rings. The van der Waals surface area contributed by atoms with Crippen LogP contribution >= 0.6 is 0 Å². The highest BCUT2D eigenvalue weighted by Gasteiger charge is 2.13. The zero-order valence-electron chi connectivity index (χ0n) is 17.0. The molecule has 3 aromatic rings. The first-order chi connectivity index (χ1) is 14.1. The van der Waals surface area contributed by atoms with E-state index >= 15 is 0 Å². The Morgan fingerprint density at radius 3 is 2.38 bits per heavy atom. The van der Waals surface area contributed by atoms with Gasteiger partial charge in [0.15, 0.2) is 0 Å². The van der Waals surface area contributed by atoms with Gasteiger partial charge in [-0.2, -0.15) is 15.0 Å². The lowest BCUT2D eigenvalue weighted by atomic mass is 10.1. The summed E-state index contributed by atoms with van der Waals surface area (Å²) in [5, 5.41) is 13.4. The molecule has 0 radical (unpaired) electrons. The van der Waals surface area contributed by atoms with Crippen LogP contribution in [0.1, 0.15) is 37.2 Å². The summed E-state index contributed by atoms with van der Waals surface area (Å²) in [6.45, 7) is 6.19. The van der Waals surface area contributed by atoms with Crippen molar-refractivity contribution in [3.8, 4) is 5.75 Å². The van der Waals surface area contributed by atoms with Crippen molar-refractivity contribution in [2.24, 2.45) is 0 Å². The summed E-state index contributed by atoms with van der Waals surface area (Å²) >= 11 is 0. The summed E-state index contributed by atoms with van der Waals surface area (Å²) in [6.07, 6.45) is 1.88. The molecule has 1 heterocycles. The van der Waals surface area contributed by atoms with Gasteiger partial charge in [-0.1, -0.05) is 50.2 Å². The number of phenols is 1. The van der Waals surface area contributed by atoms with E-state index < -0.39 is 0 Å². The van der Waals surface area contributed by atoms with Gasteiger partial charge in [0.05, 0.1) is 6.54 Å². The monoisotopic (exact) mass is 392 g/mol. The number of hydrogen-bond donors (Lipinski definition) is 3. The lowest BCUT2D eigenvalue weighted by Crippen LogP contribution is -2.25. The summed E-state index contributed by atoms with van der Waals surface area (Å²) < 4.78 is 0. The minimum atomic E-state index is 0.186. The molecule has 0 amide bonds. The number of phenolic OH excluding ortho intramolecular Hbond substituents is 1. The van der Waals surface area contributed by atoms with Gasteiger partial charge < -0.3 is 16.2 Å². The van der Waals surface area contributed by atoms with Crippen molar-refractivity contribution < 1.29 is 5.11 Å². The van der Waals surface area contributed by atoms with Crippen molar-refractivity contribution >= 4 is 17.6 Å². The van der Waals surface area contributed by atoms with Crippen LogP contribution in [0.15, 0.2) is 48.5 Å². The van der Waals surface area contributed by atoms with E-state index in [-0.39, 0.29) is 5.95 Å². The summed E-state index contributed by atoms with van der Waals surface area (Å²) in [6, 6.07) is 15.4. The Kier molecular flexibility index (Phi) is 6.97. The summed E-state index contributed by atoms with van der Waals surface area (Å²) in [5.41, 5.74) is 8.97. The first-order valence-corrected chi connectivity index (χ1v) is 9.93. The van der Waals surface area contributed by atoms with Crippen LogP contribution < -0.4 is 11.1 Å². The zero-order valence-corrected chi connectivity index (χ0v) is 17.0. The van der Waals surface area contributed by atoms with Crippen LogP contribution in [-0.4, -0.2) is 31.5 Å². The Balaban J connectivity index is 1.79. The molecular weight excluding hydrogens is 364 g/mol. The van der Waals surface area contributed by atoms with Crippen molar-refractivity contribution in [3.63, 3.8) is 0 Å². The standard InChI is InChI=1S/C22H28N6O/c1-3-13-28(14-17-10-6-8-12-19(17)29)15-20-25-21(23)27-22(26-20)24-18-11-7-5-9-16(18)4-2/h5-12,29H,3-4,13-15H2,1-2H3,(H3,23,24,25,26,27). The number of aryl methyl sites for hydroxylation is 1. The van der Waals surface area contributed by atoms with Crippen LogP contribution in [0.5, 0.6) is 5.75 Å². The SMILES string of the molecule is CCCN(Cc1nc(N)nc(Nc2ccccc2CC)n1)Cc1ccccc1O. The number of para-hydroxylation sites is 2. The molecule has 3 rings (SSSR count). The van der Waals surface area contributed by atoms with Gasteiger partial charge in [0.1, 0.15) is 11.6 Å². The van der Waals surface area contributed by atoms with Gasteiger partial charge in [0.2, 0.25) is 11.9 Å². The van der Waals surface area contributed by atoms with Crippen LogP contribution in [0.4, 0.5) is 17.6 Å². The Morgan fingerprint density at radius 1 is 0.931 bits per heavy atom. The third-order valence-corrected chi connectivity index (χ3v) is 4.63. The molecule has 0 unspecified atom stereocenters. The first kappa shape index (κ1) is 20.5. The highest BCUT2D eigenvalue weighted by molar-refractivity contribution is 5.58. The third-order valence-electron chi connectivity index (χ3n) is 4.63. The smallest absolute Gasteiger partial charge is 0.232 e. The second-order valence-corrected chi connectivity index (χ2v) is 6.91. The second-order valence-electron chi connectivity index (χ2n) is 6.91. The minimum Gasteiger partial charge on any atom is -0.508 e. The lowest BCUT2D eigenvalue weighted by molar-refractivity contribution is 0.247. The number of aromatic nitrogens is 3. The average Bonchev–Trinajstić information content (AvgIpc) is 2.70. The van der Waals surface area contributed by atoms with Crippen LogP contribution in [0.2, 0.25) is 0 Å². The minimum absolute atomic E-state index is 0.186. The Hall–Kier alpha value is -3.19. The van der Waals surface area contributed by atoms with Gasteiger partial charge >= 0.3 is 0 Å². The number of hydrogen-bond acceptors (Lipinski definition) is 7. The normalized spacial score (nSPS) is 11.0. The zero-order chi connectivity index (χ0) is 20.6. The Labute approximate surface area is 171 Å². The molecule has 1 aromatic heterocycles. The number of benzene rings is 2. The summed E-state index contributed by atoms with van der Waals surface area (Å²) in [7, 11) is 0. The van der Waals surface area contributed by atoms with E-state index in [1.165, 1.54) is 5.56 Å². The topological polar surface area (TPSA) is 100 Å². The van der Waals surface area contributed by atoms with Crippen molar-refractivity contribution in [1.82, 2.24) is 19.9 Å². The molecule has 2 aromatic carbocycles. The number of aromatic hydroxyl groups is 1. The van der Waals surface area contributed by atoms with E-state index in [9.17, 15) is 5.11 Å². The number of rotatable bonds is 9. The maximum absolute atomic E-state index is 10.1. The van der Waals surface area contributed by atoms with Crippen LogP contribution in [-0.2, 0) is 19.5 Å². The molecule has 0 aliphatic rings. The molecule has 0 atom stereocenters. The van der Waals surface area contributed by atoms with Crippen molar-refractivity contribution in [2.75, 3.05) is 17.6 Å². The van der Waals surface area contributed by atoms with E-state index in [1.807, 2.05) is 36.4 Å². The maximum Gasteiger partial charge on any atom is 0.232 e. The van der Waals surface area contributed by atoms with Gasteiger partial charge in [-0.3, -0.25) is 4.90 Å². The Bertz CT molecular complexity index is 946. The quantitative estimate of drug-likeness (QED) is 0.508. The van der Waals surface area contributed by atoms with Crippen LogP contribution in [0, 0.1) is 0 Å². The maximum atomic E-state index is 10.1. The number of anilines is 3. The highest BCUT2D eigenvalue weighted by atomic mass is 16.3. The number of nitrogens with one attached hydrogen (secondary N) is 1. The van der Waals surface area contributed by atoms with E-state index in [4.69, 9.17) is 5.73 Å². The van der Waals surface area contributed by atoms with E-state index in [2.05, 4.69) is 45.1 Å². The van der Waals surface area contributed by atoms with Gasteiger partial charge in [-0.15, -0.1) is 0 Å². The predicted molar refractivity (Wildman–Crippen MR) is 116 cm³/mol. The van der Waals surface area contributed by atoms with Crippen LogP contribution in [0.25, 0.3) is 0 Å². The molecule has 0 aliphatic heterocycles. The fourth-order valence-corrected chi connectivity index (χ4v) is 3.25. The summed E-state index contributed by atoms with van der Waals surface area (Å²) in [5.74, 6) is 1.51. The molecule has 7 heteroatoms. The summed E-state index contributed by atoms with van der Waals surface area (Å²) in [4.78, 5) is 15.3. The van der Waals surface area contributed by atoms with Gasteiger partial charge in [-0.05, 0) is 37.1 Å². The first-order valence-electron chi connectivity index (χ1n) is 9.93. The number of nitrogens with zero attached hydrogens (tertiary/aromatic N) is 4. The Morgan fingerprint density at radius 2 is 1.66 bits per heavy atom. The van der Waals surface area contributed by atoms with Crippen molar-refractivity contribution in [3.05, 3.63) is 65.5 Å². The van der Waals surface area contributed by atoms with Gasteiger partial charge in [-0.25, -0.2) is 0 Å². The fraction of sp³-hybridized carbons (Fsp3) is 0.318. The van der Waals surface area contributed by atoms with Gasteiger partial charge in [0.25, 0.3) is 0 Å². The molecule has 0 aliphatic carbocycles. The van der Waals surface area contributed by atoms with Crippen molar-refractivity contribution in [2.45, 2.75) is 39.8 Å².